The van der Waals surface area contributed by atoms with Gasteiger partial charge in [-0.15, -0.1) is 0 Å². The molecule has 0 radical (unpaired) electrons. The van der Waals surface area contributed by atoms with Gasteiger partial charge in [0.05, 0.1) is 0 Å². The summed E-state index contributed by atoms with van der Waals surface area (Å²) < 4.78 is 26.3. The first-order chi connectivity index (χ1) is 13.6. The molecule has 1 atom stereocenters. The summed E-state index contributed by atoms with van der Waals surface area (Å²) in [5, 5.41) is 0. The number of benzene rings is 2. The van der Waals surface area contributed by atoms with Gasteiger partial charge in [0, 0.05) is 57.0 Å². The molecule has 28 heavy (non-hydrogen) atoms. The van der Waals surface area contributed by atoms with Crippen LogP contribution >= 0.6 is 0 Å². The van der Waals surface area contributed by atoms with Crippen molar-refractivity contribution in [1.82, 2.24) is 9.80 Å². The molecule has 2 saturated heterocycles. The molecule has 5 heteroatoms. The van der Waals surface area contributed by atoms with E-state index < -0.39 is 0 Å². The van der Waals surface area contributed by atoms with Gasteiger partial charge in [0.1, 0.15) is 11.6 Å². The van der Waals surface area contributed by atoms with Crippen molar-refractivity contribution in [3.63, 3.8) is 0 Å². The Bertz CT molecular complexity index is 746. The van der Waals surface area contributed by atoms with E-state index in [1.54, 1.807) is 24.3 Å². The SMILES string of the molecule is CC(c1ccc(F)cc1)N1CCC(N2CCN(c3ccc(F)cc3)CC2)CC1. The fourth-order valence-corrected chi connectivity index (χ4v) is 4.59. The summed E-state index contributed by atoms with van der Waals surface area (Å²) in [7, 11) is 0. The normalized spacial score (nSPS) is 21.0. The molecular weight excluding hydrogens is 356 g/mol. The monoisotopic (exact) mass is 385 g/mol. The Balaban J connectivity index is 1.26. The summed E-state index contributed by atoms with van der Waals surface area (Å²) in [5.41, 5.74) is 2.30. The van der Waals surface area contributed by atoms with Gasteiger partial charge in [0.15, 0.2) is 0 Å². The van der Waals surface area contributed by atoms with Gasteiger partial charge in [-0.2, -0.15) is 0 Å². The Morgan fingerprint density at radius 2 is 1.29 bits per heavy atom. The topological polar surface area (TPSA) is 9.72 Å². The van der Waals surface area contributed by atoms with E-state index in [1.807, 2.05) is 24.3 Å². The molecular formula is C23H29F2N3. The summed E-state index contributed by atoms with van der Waals surface area (Å²) in [5.74, 6) is -0.349. The largest absolute Gasteiger partial charge is 0.369 e. The second-order valence-electron chi connectivity index (χ2n) is 7.99. The van der Waals surface area contributed by atoms with Gasteiger partial charge < -0.3 is 4.90 Å². The number of nitrogens with zero attached hydrogens (tertiary/aromatic N) is 3. The fourth-order valence-electron chi connectivity index (χ4n) is 4.59. The lowest BCUT2D eigenvalue weighted by Crippen LogP contribution is -2.53. The highest BCUT2D eigenvalue weighted by Gasteiger charge is 2.29. The molecule has 0 bridgehead atoms. The lowest BCUT2D eigenvalue weighted by atomic mass is 9.98. The maximum Gasteiger partial charge on any atom is 0.123 e. The van der Waals surface area contributed by atoms with E-state index >= 15 is 0 Å². The van der Waals surface area contributed by atoms with Crippen molar-refractivity contribution in [2.45, 2.75) is 31.8 Å². The van der Waals surface area contributed by atoms with Crippen LogP contribution in [0.4, 0.5) is 14.5 Å². The van der Waals surface area contributed by atoms with Gasteiger partial charge in [-0.05, 0) is 61.7 Å². The quantitative estimate of drug-likeness (QED) is 0.776. The number of rotatable bonds is 4. The zero-order chi connectivity index (χ0) is 19.5. The summed E-state index contributed by atoms with van der Waals surface area (Å²) in [4.78, 5) is 7.49. The molecule has 2 fully saturated rings. The average Bonchev–Trinajstić information content (AvgIpc) is 2.75. The fraction of sp³-hybridized carbons (Fsp3) is 0.478. The summed E-state index contributed by atoms with van der Waals surface area (Å²) in [6.07, 6.45) is 2.37. The van der Waals surface area contributed by atoms with Crippen molar-refractivity contribution in [2.75, 3.05) is 44.2 Å². The van der Waals surface area contributed by atoms with E-state index in [0.717, 1.165) is 45.0 Å². The Morgan fingerprint density at radius 3 is 1.86 bits per heavy atom. The molecule has 0 aromatic heterocycles. The van der Waals surface area contributed by atoms with Crippen LogP contribution in [-0.2, 0) is 0 Å². The lowest BCUT2D eigenvalue weighted by Gasteiger charge is -2.44. The van der Waals surface area contributed by atoms with Crippen LogP contribution < -0.4 is 4.90 Å². The molecule has 0 saturated carbocycles. The molecule has 1 unspecified atom stereocenters. The van der Waals surface area contributed by atoms with Gasteiger partial charge in [-0.25, -0.2) is 8.78 Å². The third-order valence-corrected chi connectivity index (χ3v) is 6.42. The van der Waals surface area contributed by atoms with Gasteiger partial charge in [-0.1, -0.05) is 12.1 Å². The first-order valence-electron chi connectivity index (χ1n) is 10.3. The zero-order valence-corrected chi connectivity index (χ0v) is 16.5. The van der Waals surface area contributed by atoms with Crippen molar-refractivity contribution in [3.05, 3.63) is 65.7 Å². The van der Waals surface area contributed by atoms with Crippen molar-refractivity contribution < 1.29 is 8.78 Å². The second kappa shape index (κ2) is 8.58. The number of anilines is 1. The van der Waals surface area contributed by atoms with Crippen LogP contribution in [0, 0.1) is 11.6 Å². The van der Waals surface area contributed by atoms with Crippen molar-refractivity contribution in [1.29, 1.82) is 0 Å². The highest BCUT2D eigenvalue weighted by molar-refractivity contribution is 5.46. The van der Waals surface area contributed by atoms with Crippen LogP contribution in [0.15, 0.2) is 48.5 Å². The van der Waals surface area contributed by atoms with Crippen LogP contribution in [0.1, 0.15) is 31.4 Å². The lowest BCUT2D eigenvalue weighted by molar-refractivity contribution is 0.0840. The third kappa shape index (κ3) is 4.36. The molecule has 2 aliphatic rings. The minimum atomic E-state index is -0.177. The molecule has 0 N–H and O–H groups in total. The molecule has 3 nitrogen and oxygen atoms in total. The minimum Gasteiger partial charge on any atom is -0.369 e. The highest BCUT2D eigenvalue weighted by atomic mass is 19.1. The molecule has 2 aromatic rings. The first kappa shape index (κ1) is 19.3. The second-order valence-corrected chi connectivity index (χ2v) is 7.99. The van der Waals surface area contributed by atoms with E-state index in [4.69, 9.17) is 0 Å². The van der Waals surface area contributed by atoms with Gasteiger partial charge in [0.25, 0.3) is 0 Å². The number of piperidine rings is 1. The molecule has 2 aromatic carbocycles. The van der Waals surface area contributed by atoms with E-state index in [0.29, 0.717) is 12.1 Å². The van der Waals surface area contributed by atoms with E-state index in [9.17, 15) is 8.78 Å². The smallest absolute Gasteiger partial charge is 0.123 e. The van der Waals surface area contributed by atoms with Crippen LogP contribution in [0.3, 0.4) is 0 Å². The Morgan fingerprint density at radius 1 is 0.750 bits per heavy atom. The van der Waals surface area contributed by atoms with Crippen molar-refractivity contribution in [3.8, 4) is 0 Å². The summed E-state index contributed by atoms with van der Waals surface area (Å²) in [6.45, 7) is 8.51. The zero-order valence-electron chi connectivity index (χ0n) is 16.5. The number of hydrogen-bond acceptors (Lipinski definition) is 3. The molecule has 0 aliphatic carbocycles. The number of halogens is 2. The highest BCUT2D eigenvalue weighted by Crippen LogP contribution is 2.27. The molecule has 4 rings (SSSR count). The third-order valence-electron chi connectivity index (χ3n) is 6.42. The molecule has 0 spiro atoms. The van der Waals surface area contributed by atoms with Crippen LogP contribution in [0.2, 0.25) is 0 Å². The van der Waals surface area contributed by atoms with E-state index in [2.05, 4.69) is 21.6 Å². The van der Waals surface area contributed by atoms with Gasteiger partial charge in [-0.3, -0.25) is 9.80 Å². The van der Waals surface area contributed by atoms with E-state index in [-0.39, 0.29) is 11.6 Å². The Labute approximate surface area is 166 Å². The van der Waals surface area contributed by atoms with Crippen molar-refractivity contribution in [2.24, 2.45) is 0 Å². The average molecular weight is 386 g/mol. The minimum absolute atomic E-state index is 0.172. The van der Waals surface area contributed by atoms with Gasteiger partial charge >= 0.3 is 0 Å². The molecule has 2 heterocycles. The maximum absolute atomic E-state index is 13.2. The molecule has 0 amide bonds. The Kier molecular flexibility index (Phi) is 5.93. The molecule has 150 valence electrons. The van der Waals surface area contributed by atoms with E-state index in [1.165, 1.54) is 18.4 Å². The number of likely N-dealkylation sites (tertiary alicyclic amines) is 1. The number of hydrogen-bond donors (Lipinski definition) is 0. The summed E-state index contributed by atoms with van der Waals surface area (Å²) >= 11 is 0. The van der Waals surface area contributed by atoms with Gasteiger partial charge in [0.2, 0.25) is 0 Å². The number of piperazine rings is 1. The standard InChI is InChI=1S/C23H29F2N3/c1-18(19-2-4-20(24)5-3-19)26-12-10-23(11-13-26)28-16-14-27(15-17-28)22-8-6-21(25)7-9-22/h2-9,18,23H,10-17H2,1H3. The van der Waals surface area contributed by atoms with Crippen LogP contribution in [0.5, 0.6) is 0 Å². The molecule has 2 aliphatic heterocycles. The van der Waals surface area contributed by atoms with Crippen LogP contribution in [-0.4, -0.2) is 55.1 Å². The predicted molar refractivity (Wildman–Crippen MR) is 110 cm³/mol. The summed E-state index contributed by atoms with van der Waals surface area (Å²) in [6, 6.07) is 14.7. The van der Waals surface area contributed by atoms with Crippen LogP contribution in [0.25, 0.3) is 0 Å². The first-order valence-corrected chi connectivity index (χ1v) is 10.3. The van der Waals surface area contributed by atoms with Crippen molar-refractivity contribution >= 4 is 5.69 Å². The maximum atomic E-state index is 13.2. The Hall–Kier alpha value is -1.98. The predicted octanol–water partition coefficient (Wildman–Crippen LogP) is 4.31.